The second-order valence-electron chi connectivity index (χ2n) is 6.69. The van der Waals surface area contributed by atoms with Crippen LogP contribution in [0.15, 0.2) is 53.6 Å². The number of amides is 2. The number of nitrogens with one attached hydrogen (secondary N) is 2. The number of carbonyl (C=O) groups excluding carboxylic acids is 2. The molecule has 2 aromatic carbocycles. The monoisotopic (exact) mass is 431 g/mol. The topological polar surface area (TPSA) is 117 Å². The number of ether oxygens (including phenoxy) is 1. The third-order valence-electron chi connectivity index (χ3n) is 3.95. The minimum Gasteiger partial charge on any atom is -0.482 e. The molecule has 0 fully saturated rings. The van der Waals surface area contributed by atoms with E-state index in [0.717, 1.165) is 0 Å². The van der Waals surface area contributed by atoms with Gasteiger partial charge in [0.25, 0.3) is 11.8 Å². The van der Waals surface area contributed by atoms with Crippen LogP contribution < -0.4 is 15.5 Å². The lowest BCUT2D eigenvalue weighted by Gasteiger charge is -2.20. The molecule has 2 aromatic rings. The van der Waals surface area contributed by atoms with E-state index >= 15 is 0 Å². The molecule has 8 nitrogen and oxygen atoms in total. The molecule has 0 spiro atoms. The highest BCUT2D eigenvalue weighted by Crippen LogP contribution is 2.12. The van der Waals surface area contributed by atoms with Gasteiger partial charge in [-0.3, -0.25) is 9.59 Å². The zero-order valence-electron chi connectivity index (χ0n) is 16.5. The lowest BCUT2D eigenvalue weighted by Crippen LogP contribution is -2.48. The summed E-state index contributed by atoms with van der Waals surface area (Å²) < 4.78 is 5.09. The number of carboxylic acid groups (broad SMARTS) is 1. The number of nitrogens with zero attached hydrogens (tertiary/aromatic N) is 1. The number of benzene rings is 2. The number of carboxylic acids is 1. The van der Waals surface area contributed by atoms with E-state index in [1.165, 1.54) is 6.21 Å². The fourth-order valence-electron chi connectivity index (χ4n) is 2.43. The highest BCUT2D eigenvalue weighted by Gasteiger charge is 2.24. The fourth-order valence-corrected chi connectivity index (χ4v) is 2.56. The Morgan fingerprint density at radius 3 is 2.50 bits per heavy atom. The molecule has 9 heteroatoms. The number of hydrazone groups is 1. The van der Waals surface area contributed by atoms with Gasteiger partial charge >= 0.3 is 5.97 Å². The van der Waals surface area contributed by atoms with Crippen LogP contribution >= 0.6 is 11.6 Å². The summed E-state index contributed by atoms with van der Waals surface area (Å²) in [5.41, 5.74) is 3.40. The molecular formula is C21H22ClN3O5. The number of hydrogen-bond acceptors (Lipinski definition) is 5. The molecule has 0 heterocycles. The second kappa shape index (κ2) is 11.0. The molecule has 30 heavy (non-hydrogen) atoms. The minimum atomic E-state index is -1.08. The van der Waals surface area contributed by atoms with Crippen LogP contribution in [0.3, 0.4) is 0 Å². The SMILES string of the molecule is CC(C)C(NC(=O)c1ccc(Cl)cc1)C(=O)N/N=C/c1cccc(OCC(=O)O)c1. The molecule has 0 aliphatic carbocycles. The maximum Gasteiger partial charge on any atom is 0.341 e. The Balaban J connectivity index is 1.98. The van der Waals surface area contributed by atoms with Gasteiger partial charge in [-0.1, -0.05) is 37.6 Å². The summed E-state index contributed by atoms with van der Waals surface area (Å²) in [4.78, 5) is 35.4. The van der Waals surface area contributed by atoms with Crippen LogP contribution in [0, 0.1) is 5.92 Å². The summed E-state index contributed by atoms with van der Waals surface area (Å²) in [6, 6.07) is 12.1. The average molecular weight is 432 g/mol. The van der Waals surface area contributed by atoms with E-state index in [2.05, 4.69) is 15.8 Å². The first-order valence-electron chi connectivity index (χ1n) is 9.10. The molecule has 3 N–H and O–H groups in total. The van der Waals surface area contributed by atoms with Crippen LogP contribution in [0.25, 0.3) is 0 Å². The molecule has 0 radical (unpaired) electrons. The van der Waals surface area contributed by atoms with Crippen molar-refractivity contribution in [3.8, 4) is 5.75 Å². The highest BCUT2D eigenvalue weighted by molar-refractivity contribution is 6.30. The van der Waals surface area contributed by atoms with Gasteiger partial charge in [0.1, 0.15) is 11.8 Å². The largest absolute Gasteiger partial charge is 0.482 e. The molecule has 0 aliphatic rings. The van der Waals surface area contributed by atoms with Crippen LogP contribution in [0.5, 0.6) is 5.75 Å². The van der Waals surface area contributed by atoms with Crippen molar-refractivity contribution in [2.45, 2.75) is 19.9 Å². The molecule has 2 rings (SSSR count). The van der Waals surface area contributed by atoms with Gasteiger partial charge < -0.3 is 15.2 Å². The van der Waals surface area contributed by atoms with Crippen molar-refractivity contribution in [1.82, 2.24) is 10.7 Å². The van der Waals surface area contributed by atoms with Crippen molar-refractivity contribution in [3.05, 3.63) is 64.7 Å². The van der Waals surface area contributed by atoms with E-state index in [4.69, 9.17) is 21.4 Å². The van der Waals surface area contributed by atoms with E-state index < -0.39 is 30.4 Å². The fraction of sp³-hybridized carbons (Fsp3) is 0.238. The highest BCUT2D eigenvalue weighted by atomic mass is 35.5. The maximum absolute atomic E-state index is 12.5. The Labute approximate surface area is 178 Å². The molecular weight excluding hydrogens is 410 g/mol. The molecule has 0 aliphatic heterocycles. The molecule has 2 amide bonds. The summed E-state index contributed by atoms with van der Waals surface area (Å²) in [6.07, 6.45) is 1.39. The van der Waals surface area contributed by atoms with Gasteiger partial charge in [-0.2, -0.15) is 5.10 Å². The van der Waals surface area contributed by atoms with Gasteiger partial charge in [-0.05, 0) is 47.9 Å². The van der Waals surface area contributed by atoms with Crippen molar-refractivity contribution < 1.29 is 24.2 Å². The van der Waals surface area contributed by atoms with Crippen LogP contribution in [-0.4, -0.2) is 41.8 Å². The van der Waals surface area contributed by atoms with Crippen molar-refractivity contribution in [1.29, 1.82) is 0 Å². The zero-order chi connectivity index (χ0) is 22.1. The van der Waals surface area contributed by atoms with Crippen molar-refractivity contribution in [2.75, 3.05) is 6.61 Å². The van der Waals surface area contributed by atoms with Crippen LogP contribution in [-0.2, 0) is 9.59 Å². The third-order valence-corrected chi connectivity index (χ3v) is 4.20. The summed E-state index contributed by atoms with van der Waals surface area (Å²) in [5, 5.41) is 15.8. The van der Waals surface area contributed by atoms with Gasteiger partial charge in [0.15, 0.2) is 6.61 Å². The van der Waals surface area contributed by atoms with Crippen LogP contribution in [0.2, 0.25) is 5.02 Å². The third kappa shape index (κ3) is 7.21. The first-order chi connectivity index (χ1) is 14.3. The van der Waals surface area contributed by atoms with Gasteiger partial charge in [-0.15, -0.1) is 0 Å². The molecule has 1 atom stereocenters. The van der Waals surface area contributed by atoms with Crippen LogP contribution in [0.4, 0.5) is 0 Å². The lowest BCUT2D eigenvalue weighted by molar-refractivity contribution is -0.139. The summed E-state index contributed by atoms with van der Waals surface area (Å²) in [5.74, 6) is -1.76. The number of rotatable bonds is 9. The molecule has 0 bridgehead atoms. The number of hydrogen-bond donors (Lipinski definition) is 3. The Kier molecular flexibility index (Phi) is 8.37. The first-order valence-corrected chi connectivity index (χ1v) is 9.48. The van der Waals surface area contributed by atoms with Crippen LogP contribution in [0.1, 0.15) is 29.8 Å². The quantitative estimate of drug-likeness (QED) is 0.417. The standard InChI is InChI=1S/C21H22ClN3O5/c1-13(2)19(24-20(28)15-6-8-16(22)9-7-15)21(29)25-23-11-14-4-3-5-17(10-14)30-12-18(26)27/h3-11,13,19H,12H2,1-2H3,(H,24,28)(H,25,29)(H,26,27)/b23-11+. The smallest absolute Gasteiger partial charge is 0.341 e. The summed E-state index contributed by atoms with van der Waals surface area (Å²) in [6.45, 7) is 3.15. The number of aliphatic carboxylic acids is 1. The normalized spacial score (nSPS) is 11.9. The number of carbonyl (C=O) groups is 3. The van der Waals surface area contributed by atoms with E-state index in [9.17, 15) is 14.4 Å². The molecule has 0 aromatic heterocycles. The maximum atomic E-state index is 12.5. The Hall–Kier alpha value is -3.39. The molecule has 0 saturated carbocycles. The van der Waals surface area contributed by atoms with Crippen molar-refractivity contribution in [2.24, 2.45) is 11.0 Å². The van der Waals surface area contributed by atoms with E-state index in [0.29, 0.717) is 21.9 Å². The second-order valence-corrected chi connectivity index (χ2v) is 7.13. The Morgan fingerprint density at radius 1 is 1.17 bits per heavy atom. The molecule has 158 valence electrons. The summed E-state index contributed by atoms with van der Waals surface area (Å²) >= 11 is 5.83. The minimum absolute atomic E-state index is 0.177. The van der Waals surface area contributed by atoms with Gasteiger partial charge in [0.05, 0.1) is 6.21 Å². The van der Waals surface area contributed by atoms with Gasteiger partial charge in [0.2, 0.25) is 0 Å². The number of halogens is 1. The Morgan fingerprint density at radius 2 is 1.87 bits per heavy atom. The van der Waals surface area contributed by atoms with E-state index in [1.54, 1.807) is 62.4 Å². The Bertz CT molecular complexity index is 928. The van der Waals surface area contributed by atoms with Crippen molar-refractivity contribution in [3.63, 3.8) is 0 Å². The van der Waals surface area contributed by atoms with E-state index in [1.807, 2.05) is 0 Å². The van der Waals surface area contributed by atoms with Crippen molar-refractivity contribution >= 4 is 35.6 Å². The zero-order valence-corrected chi connectivity index (χ0v) is 17.2. The average Bonchev–Trinajstić information content (AvgIpc) is 2.70. The first kappa shape index (κ1) is 22.9. The predicted molar refractivity (Wildman–Crippen MR) is 113 cm³/mol. The van der Waals surface area contributed by atoms with Gasteiger partial charge in [-0.25, -0.2) is 10.2 Å². The lowest BCUT2D eigenvalue weighted by atomic mass is 10.0. The molecule has 0 saturated heterocycles. The van der Waals surface area contributed by atoms with E-state index in [-0.39, 0.29) is 5.92 Å². The summed E-state index contributed by atoms with van der Waals surface area (Å²) in [7, 11) is 0. The van der Waals surface area contributed by atoms with Gasteiger partial charge in [0, 0.05) is 10.6 Å². The molecule has 1 unspecified atom stereocenters. The predicted octanol–water partition coefficient (Wildman–Crippen LogP) is 2.71.